The maximum atomic E-state index is 13.0. The summed E-state index contributed by atoms with van der Waals surface area (Å²) in [5, 5.41) is -7.37. The van der Waals surface area contributed by atoms with E-state index >= 15 is 0 Å². The van der Waals surface area contributed by atoms with Crippen LogP contribution in [0.15, 0.2) is 0 Å². The number of hydrogen-bond acceptors (Lipinski definition) is 3. The first-order valence-corrected chi connectivity index (χ1v) is 6.62. The topological polar surface area (TPSA) is 57.2 Å². The van der Waals surface area contributed by atoms with Crippen molar-refractivity contribution in [2.45, 2.75) is 48.5 Å². The molecule has 1 atom stereocenters. The van der Waals surface area contributed by atoms with E-state index in [2.05, 4.69) is 0 Å². The molecule has 0 aromatic heterocycles. The van der Waals surface area contributed by atoms with Crippen LogP contribution in [0.3, 0.4) is 0 Å². The van der Waals surface area contributed by atoms with Crippen molar-refractivity contribution < 1.29 is 80.1 Å². The van der Waals surface area contributed by atoms with Crippen molar-refractivity contribution in [3.05, 3.63) is 0 Å². The molecule has 0 aliphatic heterocycles. The molecular formula is C8H6F11LiO3S. The van der Waals surface area contributed by atoms with Crippen molar-refractivity contribution in [3.63, 3.8) is 0 Å². The van der Waals surface area contributed by atoms with E-state index in [1.54, 1.807) is 0 Å². The molecule has 0 spiro atoms. The van der Waals surface area contributed by atoms with E-state index in [9.17, 15) is 61.3 Å². The maximum absolute atomic E-state index is 13.0. The molecule has 0 heterocycles. The monoisotopic (exact) mass is 398 g/mol. The fourth-order valence-corrected chi connectivity index (χ4v) is 1.64. The second kappa shape index (κ2) is 6.80. The van der Waals surface area contributed by atoms with Crippen LogP contribution in [-0.4, -0.2) is 48.1 Å². The Labute approximate surface area is 139 Å². The average Bonchev–Trinajstić information content (AvgIpc) is 2.35. The van der Waals surface area contributed by atoms with Gasteiger partial charge in [-0.1, -0.05) is 6.92 Å². The summed E-state index contributed by atoms with van der Waals surface area (Å²) in [6.07, 6.45) is -5.75. The third-order valence-corrected chi connectivity index (χ3v) is 3.52. The molecule has 16 heteroatoms. The molecule has 0 fully saturated rings. The van der Waals surface area contributed by atoms with Gasteiger partial charge in [-0.2, -0.15) is 43.9 Å². The first kappa shape index (κ1) is 26.0. The number of hydrogen-bond donors (Lipinski definition) is 0. The molecule has 0 saturated carbocycles. The van der Waals surface area contributed by atoms with E-state index in [0.717, 1.165) is 0 Å². The molecular weight excluding hydrogens is 392 g/mol. The smallest absolute Gasteiger partial charge is 0.743 e. The van der Waals surface area contributed by atoms with Gasteiger partial charge in [0.2, 0.25) is 0 Å². The largest absolute Gasteiger partial charge is 1.00 e. The van der Waals surface area contributed by atoms with E-state index in [-0.39, 0.29) is 18.9 Å². The van der Waals surface area contributed by atoms with Gasteiger partial charge >= 0.3 is 47.8 Å². The van der Waals surface area contributed by atoms with Crippen LogP contribution in [0.2, 0.25) is 0 Å². The minimum absolute atomic E-state index is 0. The zero-order valence-corrected chi connectivity index (χ0v) is 12.4. The van der Waals surface area contributed by atoms with Crippen molar-refractivity contribution in [2.75, 3.05) is 0 Å². The Morgan fingerprint density at radius 1 is 0.833 bits per heavy atom. The molecule has 0 aromatic carbocycles. The molecule has 3 nitrogen and oxygen atoms in total. The summed E-state index contributed by atoms with van der Waals surface area (Å²) in [5.74, 6) is -29.6. The Morgan fingerprint density at radius 3 is 1.42 bits per heavy atom. The van der Waals surface area contributed by atoms with E-state index in [1.807, 2.05) is 0 Å². The number of halogens is 11. The third-order valence-electron chi connectivity index (χ3n) is 2.64. The molecule has 0 radical (unpaired) electrons. The molecule has 140 valence electrons. The van der Waals surface area contributed by atoms with Gasteiger partial charge in [0.15, 0.2) is 16.3 Å². The summed E-state index contributed by atoms with van der Waals surface area (Å²) >= 11 is 0. The predicted octanol–water partition coefficient (Wildman–Crippen LogP) is 0.418. The van der Waals surface area contributed by atoms with E-state index in [1.165, 1.54) is 0 Å². The normalized spacial score (nSPS) is 16.5. The van der Waals surface area contributed by atoms with E-state index in [0.29, 0.717) is 6.92 Å². The quantitative estimate of drug-likeness (QED) is 0.355. The van der Waals surface area contributed by atoms with Gasteiger partial charge in [0.1, 0.15) is 0 Å². The first-order valence-electron chi connectivity index (χ1n) is 5.22. The summed E-state index contributed by atoms with van der Waals surface area (Å²) in [6, 6.07) is 0. The van der Waals surface area contributed by atoms with Crippen molar-refractivity contribution in [3.8, 4) is 0 Å². The summed E-state index contributed by atoms with van der Waals surface area (Å²) in [7, 11) is -7.66. The van der Waals surface area contributed by atoms with Crippen LogP contribution in [0.4, 0.5) is 48.3 Å². The number of alkyl halides is 11. The second-order valence-corrected chi connectivity index (χ2v) is 5.61. The van der Waals surface area contributed by atoms with Gasteiger partial charge in [0.25, 0.3) is 0 Å². The Hall–Kier alpha value is -0.263. The van der Waals surface area contributed by atoms with Crippen LogP contribution in [-0.2, 0) is 10.1 Å². The zero-order valence-electron chi connectivity index (χ0n) is 11.6. The standard InChI is InChI=1S/C8H7F11O3S.Li/c1-2-3(9)4(10,11)5(12,13)6(14,15)7(16,17)8(18,19)23(20,21)22;/h3H,2H2,1H3,(H,20,21,22);/q;+1/p-1. The maximum Gasteiger partial charge on any atom is 1.00 e. The van der Waals surface area contributed by atoms with Gasteiger partial charge in [-0.3, -0.25) is 0 Å². The Bertz CT molecular complexity index is 547. The fraction of sp³-hybridized carbons (Fsp3) is 1.00. The molecule has 0 saturated heterocycles. The van der Waals surface area contributed by atoms with Gasteiger partial charge < -0.3 is 4.55 Å². The Balaban J connectivity index is 0. The van der Waals surface area contributed by atoms with Gasteiger partial charge in [0.05, 0.1) is 0 Å². The van der Waals surface area contributed by atoms with Crippen LogP contribution in [0.5, 0.6) is 0 Å². The minimum atomic E-state index is -7.79. The van der Waals surface area contributed by atoms with Crippen LogP contribution in [0, 0.1) is 0 Å². The zero-order chi connectivity index (χ0) is 19.3. The Morgan fingerprint density at radius 2 is 1.17 bits per heavy atom. The van der Waals surface area contributed by atoms with Gasteiger partial charge in [-0.05, 0) is 6.42 Å². The van der Waals surface area contributed by atoms with E-state index in [4.69, 9.17) is 0 Å². The van der Waals surface area contributed by atoms with E-state index < -0.39 is 51.7 Å². The SMILES string of the molecule is CCC(F)C(F)(F)C(F)(F)C(F)(F)C(F)(F)C(F)(F)S(=O)(=O)[O-].[Li+]. The molecule has 1 unspecified atom stereocenters. The molecule has 0 N–H and O–H groups in total. The minimum Gasteiger partial charge on any atom is -0.743 e. The molecule has 0 aliphatic rings. The van der Waals surface area contributed by atoms with Crippen LogP contribution in [0.1, 0.15) is 13.3 Å². The van der Waals surface area contributed by atoms with Gasteiger partial charge in [-0.15, -0.1) is 0 Å². The Kier molecular flexibility index (Phi) is 7.36. The molecule has 0 bridgehead atoms. The molecule has 0 amide bonds. The first-order chi connectivity index (χ1) is 9.73. The van der Waals surface area contributed by atoms with Crippen molar-refractivity contribution in [2.24, 2.45) is 0 Å². The summed E-state index contributed by atoms with van der Waals surface area (Å²) < 4.78 is 171. The van der Waals surface area contributed by atoms with Crippen LogP contribution >= 0.6 is 0 Å². The molecule has 0 aromatic rings. The molecule has 0 aliphatic carbocycles. The van der Waals surface area contributed by atoms with Crippen LogP contribution < -0.4 is 18.9 Å². The second-order valence-electron chi connectivity index (χ2n) is 4.19. The van der Waals surface area contributed by atoms with Crippen molar-refractivity contribution in [1.29, 1.82) is 0 Å². The van der Waals surface area contributed by atoms with Gasteiger partial charge in [-0.25, -0.2) is 12.8 Å². The summed E-state index contributed by atoms with van der Waals surface area (Å²) in [4.78, 5) is 0. The predicted molar refractivity (Wildman–Crippen MR) is 49.6 cm³/mol. The summed E-state index contributed by atoms with van der Waals surface area (Å²) in [5.41, 5.74) is 0. The molecule has 24 heavy (non-hydrogen) atoms. The van der Waals surface area contributed by atoms with Crippen LogP contribution in [0.25, 0.3) is 0 Å². The van der Waals surface area contributed by atoms with Crippen molar-refractivity contribution >= 4 is 10.1 Å². The van der Waals surface area contributed by atoms with Crippen molar-refractivity contribution in [1.82, 2.24) is 0 Å². The summed E-state index contributed by atoms with van der Waals surface area (Å²) in [6.45, 7) is 0.418. The average molecular weight is 398 g/mol. The third kappa shape index (κ3) is 3.36. The van der Waals surface area contributed by atoms with Gasteiger partial charge in [0, 0.05) is 0 Å². The molecule has 0 rings (SSSR count). The number of rotatable bonds is 7. The fourth-order valence-electron chi connectivity index (χ4n) is 1.20.